The Morgan fingerprint density at radius 3 is 2.27 bits per heavy atom. The average molecular weight is 161 g/mol. The molecule has 1 unspecified atom stereocenters. The second-order valence-corrected chi connectivity index (χ2v) is 2.97. The Labute approximate surface area is 68.9 Å². The monoisotopic (exact) mass is 161 g/mol. The van der Waals surface area contributed by atoms with Crippen molar-refractivity contribution in [1.82, 2.24) is 0 Å². The van der Waals surface area contributed by atoms with Crippen LogP contribution in [0.15, 0.2) is 0 Å². The van der Waals surface area contributed by atoms with E-state index >= 15 is 0 Å². The lowest BCUT2D eigenvalue weighted by atomic mass is 10.4. The van der Waals surface area contributed by atoms with E-state index in [0.717, 1.165) is 0 Å². The number of hydrogen-bond donors (Lipinski definition) is 1. The maximum absolute atomic E-state index is 5.47. The Balaban J connectivity index is 2.91. The zero-order valence-electron chi connectivity index (χ0n) is 7.67. The maximum Gasteiger partial charge on any atom is 0.0703 e. The molecule has 0 radical (unpaired) electrons. The van der Waals surface area contributed by atoms with Crippen LogP contribution < -0.4 is 5.73 Å². The smallest absolute Gasteiger partial charge is 0.0703 e. The van der Waals surface area contributed by atoms with E-state index in [1.807, 2.05) is 20.8 Å². The maximum atomic E-state index is 5.47. The van der Waals surface area contributed by atoms with Crippen molar-refractivity contribution in [2.75, 3.05) is 19.8 Å². The summed E-state index contributed by atoms with van der Waals surface area (Å²) in [6, 6.07) is 0.119. The molecule has 0 saturated heterocycles. The third-order valence-electron chi connectivity index (χ3n) is 1.06. The van der Waals surface area contributed by atoms with Crippen LogP contribution in [-0.2, 0) is 9.47 Å². The summed E-state index contributed by atoms with van der Waals surface area (Å²) < 4.78 is 10.5. The molecule has 3 heteroatoms. The topological polar surface area (TPSA) is 44.5 Å². The fourth-order valence-electron chi connectivity index (χ4n) is 0.612. The molecule has 0 aliphatic heterocycles. The third kappa shape index (κ3) is 9.88. The molecule has 0 saturated carbocycles. The van der Waals surface area contributed by atoms with Gasteiger partial charge in [-0.3, -0.25) is 0 Å². The van der Waals surface area contributed by atoms with Crippen LogP contribution >= 0.6 is 0 Å². The highest BCUT2D eigenvalue weighted by Crippen LogP contribution is 1.87. The van der Waals surface area contributed by atoms with Gasteiger partial charge in [0.25, 0.3) is 0 Å². The van der Waals surface area contributed by atoms with E-state index in [9.17, 15) is 0 Å². The summed E-state index contributed by atoms with van der Waals surface area (Å²) in [6.45, 7) is 7.84. The highest BCUT2D eigenvalue weighted by atomic mass is 16.5. The Hall–Kier alpha value is -0.120. The lowest BCUT2D eigenvalue weighted by Gasteiger charge is -2.09. The molecule has 0 aliphatic carbocycles. The molecule has 0 aromatic rings. The van der Waals surface area contributed by atoms with Crippen LogP contribution in [0.3, 0.4) is 0 Å². The van der Waals surface area contributed by atoms with Gasteiger partial charge in [0.1, 0.15) is 0 Å². The van der Waals surface area contributed by atoms with Gasteiger partial charge in [-0.2, -0.15) is 0 Å². The number of nitrogens with two attached hydrogens (primary N) is 1. The van der Waals surface area contributed by atoms with Crippen LogP contribution in [0, 0.1) is 0 Å². The van der Waals surface area contributed by atoms with Crippen LogP contribution in [0.1, 0.15) is 20.8 Å². The molecule has 3 nitrogen and oxygen atoms in total. The Morgan fingerprint density at radius 1 is 1.18 bits per heavy atom. The molecule has 0 spiro atoms. The lowest BCUT2D eigenvalue weighted by Crippen LogP contribution is -2.23. The van der Waals surface area contributed by atoms with Gasteiger partial charge in [0, 0.05) is 6.04 Å². The summed E-state index contributed by atoms with van der Waals surface area (Å²) in [5.74, 6) is 0. The molecule has 68 valence electrons. The van der Waals surface area contributed by atoms with Gasteiger partial charge in [-0.1, -0.05) is 0 Å². The van der Waals surface area contributed by atoms with Gasteiger partial charge in [-0.15, -0.1) is 0 Å². The van der Waals surface area contributed by atoms with Gasteiger partial charge in [0.15, 0.2) is 0 Å². The quantitative estimate of drug-likeness (QED) is 0.585. The lowest BCUT2D eigenvalue weighted by molar-refractivity contribution is 0.0172. The summed E-state index contributed by atoms with van der Waals surface area (Å²) >= 11 is 0. The van der Waals surface area contributed by atoms with Gasteiger partial charge >= 0.3 is 0 Å². The highest BCUT2D eigenvalue weighted by molar-refractivity contribution is 4.48. The third-order valence-corrected chi connectivity index (χ3v) is 1.06. The van der Waals surface area contributed by atoms with Crippen molar-refractivity contribution in [1.29, 1.82) is 0 Å². The van der Waals surface area contributed by atoms with E-state index in [2.05, 4.69) is 0 Å². The summed E-state index contributed by atoms with van der Waals surface area (Å²) in [7, 11) is 0. The van der Waals surface area contributed by atoms with Crippen LogP contribution in [0.2, 0.25) is 0 Å². The van der Waals surface area contributed by atoms with Gasteiger partial charge in [-0.25, -0.2) is 0 Å². The molecular formula is C8H19NO2. The fraction of sp³-hybridized carbons (Fsp3) is 1.00. The highest BCUT2D eigenvalue weighted by Gasteiger charge is 1.95. The molecule has 0 bridgehead atoms. The van der Waals surface area contributed by atoms with Crippen molar-refractivity contribution in [2.45, 2.75) is 32.9 Å². The van der Waals surface area contributed by atoms with E-state index in [1.54, 1.807) is 0 Å². The van der Waals surface area contributed by atoms with Gasteiger partial charge in [0.05, 0.1) is 25.9 Å². The van der Waals surface area contributed by atoms with Crippen molar-refractivity contribution < 1.29 is 9.47 Å². The Bertz CT molecular complexity index is 74.2. The predicted octanol–water partition coefficient (Wildman–Crippen LogP) is 0.775. The molecule has 0 rings (SSSR count). The largest absolute Gasteiger partial charge is 0.377 e. The second kappa shape index (κ2) is 6.58. The predicted molar refractivity (Wildman–Crippen MR) is 45.6 cm³/mol. The second-order valence-electron chi connectivity index (χ2n) is 2.97. The Kier molecular flexibility index (Phi) is 6.51. The standard InChI is InChI=1S/C8H19NO2/c1-7(2)11-5-4-10-6-8(3)9/h7-8H,4-6,9H2,1-3H3. The molecule has 0 aliphatic rings. The van der Waals surface area contributed by atoms with E-state index in [0.29, 0.717) is 19.8 Å². The Morgan fingerprint density at radius 2 is 1.82 bits per heavy atom. The van der Waals surface area contributed by atoms with Crippen molar-refractivity contribution >= 4 is 0 Å². The van der Waals surface area contributed by atoms with Gasteiger partial charge in [0.2, 0.25) is 0 Å². The van der Waals surface area contributed by atoms with Gasteiger partial charge < -0.3 is 15.2 Å². The minimum absolute atomic E-state index is 0.119. The van der Waals surface area contributed by atoms with Crippen molar-refractivity contribution in [3.05, 3.63) is 0 Å². The van der Waals surface area contributed by atoms with Crippen LogP contribution in [-0.4, -0.2) is 32.0 Å². The molecule has 0 fully saturated rings. The summed E-state index contributed by atoms with van der Waals surface area (Å²) in [5.41, 5.74) is 5.47. The first-order valence-electron chi connectivity index (χ1n) is 4.08. The first-order chi connectivity index (χ1) is 5.13. The van der Waals surface area contributed by atoms with E-state index < -0.39 is 0 Å². The van der Waals surface area contributed by atoms with Crippen LogP contribution in [0.4, 0.5) is 0 Å². The van der Waals surface area contributed by atoms with Gasteiger partial charge in [-0.05, 0) is 20.8 Å². The molecule has 1 atom stereocenters. The van der Waals surface area contributed by atoms with Crippen LogP contribution in [0.5, 0.6) is 0 Å². The normalized spacial score (nSPS) is 13.9. The van der Waals surface area contributed by atoms with Crippen molar-refractivity contribution in [3.63, 3.8) is 0 Å². The van der Waals surface area contributed by atoms with Crippen LogP contribution in [0.25, 0.3) is 0 Å². The molecule has 0 amide bonds. The molecule has 0 heterocycles. The van der Waals surface area contributed by atoms with E-state index in [-0.39, 0.29) is 12.1 Å². The number of ether oxygens (including phenoxy) is 2. The van der Waals surface area contributed by atoms with E-state index in [4.69, 9.17) is 15.2 Å². The van der Waals surface area contributed by atoms with Crippen molar-refractivity contribution in [2.24, 2.45) is 5.73 Å². The van der Waals surface area contributed by atoms with Crippen molar-refractivity contribution in [3.8, 4) is 0 Å². The SMILES string of the molecule is CC(N)COCCOC(C)C. The zero-order valence-corrected chi connectivity index (χ0v) is 7.67. The molecular weight excluding hydrogens is 142 g/mol. The summed E-state index contributed by atoms with van der Waals surface area (Å²) in [5, 5.41) is 0. The summed E-state index contributed by atoms with van der Waals surface area (Å²) in [6.07, 6.45) is 0.286. The molecule has 2 N–H and O–H groups in total. The fourth-order valence-corrected chi connectivity index (χ4v) is 0.612. The summed E-state index contributed by atoms with van der Waals surface area (Å²) in [4.78, 5) is 0. The first-order valence-corrected chi connectivity index (χ1v) is 4.08. The zero-order chi connectivity index (χ0) is 8.69. The minimum atomic E-state index is 0.119. The minimum Gasteiger partial charge on any atom is -0.377 e. The average Bonchev–Trinajstić information content (AvgIpc) is 1.85. The molecule has 0 aromatic carbocycles. The molecule has 11 heavy (non-hydrogen) atoms. The molecule has 0 aromatic heterocycles. The first kappa shape index (κ1) is 10.9. The van der Waals surface area contributed by atoms with E-state index in [1.165, 1.54) is 0 Å². The number of rotatable bonds is 6. The number of hydrogen-bond acceptors (Lipinski definition) is 3.